The van der Waals surface area contributed by atoms with E-state index in [2.05, 4.69) is 4.98 Å². The quantitative estimate of drug-likeness (QED) is 0.498. The summed E-state index contributed by atoms with van der Waals surface area (Å²) in [5.41, 5.74) is -0.199. The summed E-state index contributed by atoms with van der Waals surface area (Å²) < 4.78 is 58.6. The molecule has 0 unspecified atom stereocenters. The number of carbonyl (C=O) groups is 3. The van der Waals surface area contributed by atoms with E-state index in [1.807, 2.05) is 0 Å². The highest BCUT2D eigenvalue weighted by Crippen LogP contribution is 2.43. The summed E-state index contributed by atoms with van der Waals surface area (Å²) in [6.45, 7) is 11.7. The fourth-order valence-corrected chi connectivity index (χ4v) is 5.61. The molecule has 4 heterocycles. The number of para-hydroxylation sites is 1. The summed E-state index contributed by atoms with van der Waals surface area (Å²) in [5.74, 6) is -2.88. The van der Waals surface area contributed by atoms with Crippen molar-refractivity contribution in [2.75, 3.05) is 27.8 Å². The van der Waals surface area contributed by atoms with E-state index in [0.29, 0.717) is 16.9 Å². The minimum absolute atomic E-state index is 0.0185. The van der Waals surface area contributed by atoms with E-state index in [4.69, 9.17) is 14.2 Å². The number of alkyl halides is 3. The highest BCUT2D eigenvalue weighted by Gasteiger charge is 2.62. The Hall–Kier alpha value is -3.71. The number of nitrogens with zero attached hydrogens (tertiary/aromatic N) is 4. The van der Waals surface area contributed by atoms with E-state index in [1.165, 1.54) is 16.7 Å². The number of hydrogen-bond acceptors (Lipinski definition) is 7. The van der Waals surface area contributed by atoms with Gasteiger partial charge in [-0.2, -0.15) is 13.2 Å². The summed E-state index contributed by atoms with van der Waals surface area (Å²) in [7, 11) is 0. The molecule has 1 aromatic heterocycles. The maximum absolute atomic E-state index is 14.4. The van der Waals surface area contributed by atoms with E-state index in [9.17, 15) is 27.6 Å². The zero-order valence-corrected chi connectivity index (χ0v) is 24.4. The van der Waals surface area contributed by atoms with Gasteiger partial charge in [0.05, 0.1) is 16.9 Å². The summed E-state index contributed by atoms with van der Waals surface area (Å²) in [6, 6.07) is 5.41. The first-order valence-electron chi connectivity index (χ1n) is 13.5. The topological polar surface area (TPSA) is 102 Å². The summed E-state index contributed by atoms with van der Waals surface area (Å²) in [6.07, 6.45) is -7.63. The minimum atomic E-state index is -4.70. The van der Waals surface area contributed by atoms with E-state index in [0.717, 1.165) is 17.0 Å². The van der Waals surface area contributed by atoms with Crippen molar-refractivity contribution in [3.05, 3.63) is 47.2 Å². The molecule has 2 saturated heterocycles. The van der Waals surface area contributed by atoms with E-state index >= 15 is 0 Å². The number of fused-ring (bicyclic) bond motifs is 2. The Kier molecular flexibility index (Phi) is 7.05. The Balaban J connectivity index is 1.58. The molecule has 3 aliphatic heterocycles. The molecule has 3 aliphatic rings. The van der Waals surface area contributed by atoms with Crippen LogP contribution in [-0.2, 0) is 30.0 Å². The number of aryl methyl sites for hydroxylation is 2. The first kappa shape index (κ1) is 29.8. The number of benzene rings is 1. The maximum atomic E-state index is 14.4. The lowest BCUT2D eigenvalue weighted by Gasteiger charge is -2.40. The van der Waals surface area contributed by atoms with Crippen molar-refractivity contribution in [1.29, 1.82) is 0 Å². The number of anilines is 3. The van der Waals surface area contributed by atoms with Gasteiger partial charge in [-0.05, 0) is 72.2 Å². The molecular formula is C29H33F3N4O6. The molecule has 3 atom stereocenters. The lowest BCUT2D eigenvalue weighted by molar-refractivity contribution is -0.161. The maximum Gasteiger partial charge on any atom is 0.416 e. The third-order valence-corrected chi connectivity index (χ3v) is 7.17. The van der Waals surface area contributed by atoms with Crippen LogP contribution < -0.4 is 14.7 Å². The normalized spacial score (nSPS) is 23.6. The summed E-state index contributed by atoms with van der Waals surface area (Å²) in [5, 5.41) is 0. The predicted octanol–water partition coefficient (Wildman–Crippen LogP) is 4.74. The monoisotopic (exact) mass is 590 g/mol. The summed E-state index contributed by atoms with van der Waals surface area (Å²) >= 11 is 0. The Bertz CT molecular complexity index is 1450. The molecule has 42 heavy (non-hydrogen) atoms. The van der Waals surface area contributed by atoms with Gasteiger partial charge in [0.2, 0.25) is 0 Å². The van der Waals surface area contributed by atoms with Crippen molar-refractivity contribution in [3.63, 3.8) is 0 Å². The van der Waals surface area contributed by atoms with Crippen LogP contribution in [0, 0.1) is 13.8 Å². The lowest BCUT2D eigenvalue weighted by atomic mass is 10.0. The van der Waals surface area contributed by atoms with Crippen LogP contribution in [-0.4, -0.2) is 65.6 Å². The van der Waals surface area contributed by atoms with Gasteiger partial charge in [-0.3, -0.25) is 19.4 Å². The number of pyridine rings is 1. The first-order valence-corrected chi connectivity index (χ1v) is 13.5. The highest BCUT2D eigenvalue weighted by molar-refractivity contribution is 6.13. The second-order valence-corrected chi connectivity index (χ2v) is 12.1. The smallest absolute Gasteiger partial charge is 0.416 e. The van der Waals surface area contributed by atoms with Crippen LogP contribution in [0.4, 0.5) is 35.2 Å². The van der Waals surface area contributed by atoms with Crippen molar-refractivity contribution < 1.29 is 41.8 Å². The summed E-state index contributed by atoms with van der Waals surface area (Å²) in [4.78, 5) is 49.3. The van der Waals surface area contributed by atoms with Crippen LogP contribution in [0.5, 0.6) is 0 Å². The second kappa shape index (κ2) is 9.94. The SMILES string of the molecule is Cc1cc(C(F)(F)F)cc(N2C(=O)[C@H]3OC(C)(C)O[C@H]3[C@H]2C(=O)N2CCN(C(=O)OC(C)(C)C)c3c(C)cccc32)n1. The van der Waals surface area contributed by atoms with Gasteiger partial charge in [0.1, 0.15) is 23.6 Å². The minimum Gasteiger partial charge on any atom is -0.443 e. The molecule has 5 rings (SSSR count). The molecule has 13 heteroatoms. The molecule has 10 nitrogen and oxygen atoms in total. The second-order valence-electron chi connectivity index (χ2n) is 12.1. The fraction of sp³-hybridized carbons (Fsp3) is 0.517. The van der Waals surface area contributed by atoms with Gasteiger partial charge in [0.25, 0.3) is 11.8 Å². The predicted molar refractivity (Wildman–Crippen MR) is 146 cm³/mol. The molecule has 0 N–H and O–H groups in total. The molecule has 1 aromatic carbocycles. The third-order valence-electron chi connectivity index (χ3n) is 7.17. The Morgan fingerprint density at radius 1 is 1.05 bits per heavy atom. The van der Waals surface area contributed by atoms with Gasteiger partial charge in [0.15, 0.2) is 11.9 Å². The Morgan fingerprint density at radius 3 is 2.36 bits per heavy atom. The van der Waals surface area contributed by atoms with Gasteiger partial charge >= 0.3 is 12.3 Å². The van der Waals surface area contributed by atoms with Crippen LogP contribution in [0.2, 0.25) is 0 Å². The number of halogens is 3. The van der Waals surface area contributed by atoms with Gasteiger partial charge < -0.3 is 19.1 Å². The van der Waals surface area contributed by atoms with E-state index in [-0.39, 0.29) is 24.6 Å². The molecule has 3 amide bonds. The average molecular weight is 591 g/mol. The van der Waals surface area contributed by atoms with Gasteiger partial charge in [-0.25, -0.2) is 9.78 Å². The molecule has 2 fully saturated rings. The molecule has 0 saturated carbocycles. The molecule has 0 aliphatic carbocycles. The largest absolute Gasteiger partial charge is 0.443 e. The van der Waals surface area contributed by atoms with Crippen molar-refractivity contribution in [2.45, 2.75) is 84.3 Å². The zero-order valence-electron chi connectivity index (χ0n) is 24.4. The van der Waals surface area contributed by atoms with Gasteiger partial charge in [-0.15, -0.1) is 0 Å². The van der Waals surface area contributed by atoms with E-state index in [1.54, 1.807) is 59.7 Å². The molecule has 0 spiro atoms. The van der Waals surface area contributed by atoms with Crippen LogP contribution in [0.15, 0.2) is 30.3 Å². The molecule has 0 radical (unpaired) electrons. The zero-order chi connectivity index (χ0) is 30.9. The van der Waals surface area contributed by atoms with Crippen molar-refractivity contribution in [3.8, 4) is 0 Å². The van der Waals surface area contributed by atoms with Crippen molar-refractivity contribution in [2.24, 2.45) is 0 Å². The fourth-order valence-electron chi connectivity index (χ4n) is 5.61. The van der Waals surface area contributed by atoms with Crippen molar-refractivity contribution in [1.82, 2.24) is 4.98 Å². The standard InChI is InChI=1S/C29H33F3N4O6/c1-15-9-8-10-18-20(15)35(26(39)42-27(3,4)5)12-11-34(18)24(37)21-22-23(41-28(6,7)40-22)25(38)36(21)19-14-17(29(30,31)32)13-16(2)33-19/h8-10,13-14,21-23H,11-12H2,1-7H3/t21-,22-,23-/m0/s1. The number of carbonyl (C=O) groups excluding carboxylic acids is 3. The van der Waals surface area contributed by atoms with Gasteiger partial charge in [-0.1, -0.05) is 12.1 Å². The third kappa shape index (κ3) is 5.31. The number of aromatic nitrogens is 1. The molecule has 0 bridgehead atoms. The van der Waals surface area contributed by atoms with Crippen LogP contribution in [0.3, 0.4) is 0 Å². The Morgan fingerprint density at radius 2 is 1.71 bits per heavy atom. The Labute approximate surface area is 241 Å². The number of ether oxygens (including phenoxy) is 3. The molecule has 226 valence electrons. The average Bonchev–Trinajstić information content (AvgIpc) is 3.31. The van der Waals surface area contributed by atoms with Gasteiger partial charge in [0, 0.05) is 18.8 Å². The number of hydrogen-bond donors (Lipinski definition) is 0. The lowest BCUT2D eigenvalue weighted by Crippen LogP contribution is -2.56. The number of amides is 3. The van der Waals surface area contributed by atoms with Crippen LogP contribution >= 0.6 is 0 Å². The van der Waals surface area contributed by atoms with Crippen LogP contribution in [0.1, 0.15) is 51.4 Å². The van der Waals surface area contributed by atoms with Crippen molar-refractivity contribution >= 4 is 35.1 Å². The number of rotatable bonds is 2. The van der Waals surface area contributed by atoms with Crippen LogP contribution in [0.25, 0.3) is 0 Å². The van der Waals surface area contributed by atoms with E-state index < -0.39 is 59.3 Å². The first-order chi connectivity index (χ1) is 19.4. The highest BCUT2D eigenvalue weighted by atomic mass is 19.4. The molecule has 2 aromatic rings. The molecular weight excluding hydrogens is 557 g/mol.